The molecule has 26 heavy (non-hydrogen) atoms. The van der Waals surface area contributed by atoms with E-state index in [9.17, 15) is 9.18 Å². The maximum absolute atomic E-state index is 13.8. The van der Waals surface area contributed by atoms with Crippen molar-refractivity contribution in [3.05, 3.63) is 59.4 Å². The highest BCUT2D eigenvalue weighted by molar-refractivity contribution is 5.93. The van der Waals surface area contributed by atoms with Crippen LogP contribution in [0.5, 0.6) is 0 Å². The molecule has 1 amide bonds. The lowest BCUT2D eigenvalue weighted by Gasteiger charge is -2.33. The molecule has 0 saturated carbocycles. The number of aryl methyl sites for hydroxylation is 1. The predicted octanol–water partition coefficient (Wildman–Crippen LogP) is 4.22. The zero-order valence-corrected chi connectivity index (χ0v) is 15.5. The summed E-state index contributed by atoms with van der Waals surface area (Å²) in [5.41, 5.74) is 1.30. The molecule has 1 aliphatic rings. The van der Waals surface area contributed by atoms with Crippen molar-refractivity contribution in [3.8, 4) is 0 Å². The Balaban J connectivity index is 1.59. The quantitative estimate of drug-likeness (QED) is 0.806. The number of carbonyl (C=O) groups is 1. The Hall–Kier alpha value is -2.30. The number of benzene rings is 1. The summed E-state index contributed by atoms with van der Waals surface area (Å²) in [6.07, 6.45) is 6.94. The van der Waals surface area contributed by atoms with E-state index in [1.54, 1.807) is 18.5 Å². The molecule has 2 heterocycles. The number of rotatable bonds is 5. The first-order valence-electron chi connectivity index (χ1n) is 9.39. The summed E-state index contributed by atoms with van der Waals surface area (Å²) in [6.45, 7) is 5.55. The molecule has 4 nitrogen and oxygen atoms in total. The largest absolute Gasteiger partial charge is 0.338 e. The molecule has 0 aliphatic carbocycles. The molecule has 138 valence electrons. The molecular formula is C21H26FN3O. The second-order valence-corrected chi connectivity index (χ2v) is 7.37. The Labute approximate surface area is 154 Å². The van der Waals surface area contributed by atoms with E-state index in [0.29, 0.717) is 17.9 Å². The van der Waals surface area contributed by atoms with Crippen LogP contribution >= 0.6 is 0 Å². The number of nitrogens with zero attached hydrogens (tertiary/aromatic N) is 3. The van der Waals surface area contributed by atoms with Gasteiger partial charge in [-0.2, -0.15) is 0 Å². The summed E-state index contributed by atoms with van der Waals surface area (Å²) in [5.74, 6) is 1.26. The summed E-state index contributed by atoms with van der Waals surface area (Å²) in [6, 6.07) is 6.93. The number of aromatic nitrogens is 2. The van der Waals surface area contributed by atoms with Crippen LogP contribution in [0.25, 0.3) is 0 Å². The van der Waals surface area contributed by atoms with Crippen molar-refractivity contribution in [1.82, 2.24) is 14.9 Å². The number of hydrogen-bond donors (Lipinski definition) is 0. The third-order valence-corrected chi connectivity index (χ3v) is 5.02. The fraction of sp³-hybridized carbons (Fsp3) is 0.476. The van der Waals surface area contributed by atoms with Crippen molar-refractivity contribution in [2.75, 3.05) is 13.1 Å². The SMILES string of the molecule is CC(C)c1ncc(C(=O)N2CCCC(CCc3ccccc3F)C2)cn1. The third kappa shape index (κ3) is 4.45. The van der Waals surface area contributed by atoms with Crippen molar-refractivity contribution in [3.63, 3.8) is 0 Å². The van der Waals surface area contributed by atoms with Gasteiger partial charge in [0, 0.05) is 31.4 Å². The van der Waals surface area contributed by atoms with Gasteiger partial charge >= 0.3 is 0 Å². The number of halogens is 1. The van der Waals surface area contributed by atoms with Crippen molar-refractivity contribution >= 4 is 5.91 Å². The fourth-order valence-corrected chi connectivity index (χ4v) is 3.48. The lowest BCUT2D eigenvalue weighted by Crippen LogP contribution is -2.40. The smallest absolute Gasteiger partial charge is 0.256 e. The number of carbonyl (C=O) groups excluding carboxylic acids is 1. The molecule has 5 heteroatoms. The van der Waals surface area contributed by atoms with E-state index in [0.717, 1.165) is 43.7 Å². The van der Waals surface area contributed by atoms with Gasteiger partial charge in [0.25, 0.3) is 5.91 Å². The molecule has 1 unspecified atom stereocenters. The zero-order valence-electron chi connectivity index (χ0n) is 15.5. The first-order chi connectivity index (χ1) is 12.5. The minimum atomic E-state index is -0.140. The molecule has 1 fully saturated rings. The zero-order chi connectivity index (χ0) is 18.5. The molecule has 3 rings (SSSR count). The van der Waals surface area contributed by atoms with Crippen LogP contribution in [-0.4, -0.2) is 33.9 Å². The lowest BCUT2D eigenvalue weighted by atomic mass is 9.91. The molecule has 0 bridgehead atoms. The Morgan fingerprint density at radius 1 is 1.27 bits per heavy atom. The standard InChI is InChI=1S/C21H26FN3O/c1-15(2)20-23-12-18(13-24-20)21(26)25-11-5-6-16(14-25)9-10-17-7-3-4-8-19(17)22/h3-4,7-8,12-13,15-16H,5-6,9-11,14H2,1-2H3. The van der Waals surface area contributed by atoms with E-state index < -0.39 is 0 Å². The average molecular weight is 355 g/mol. The Kier molecular flexibility index (Phi) is 5.96. The fourth-order valence-electron chi connectivity index (χ4n) is 3.48. The van der Waals surface area contributed by atoms with Gasteiger partial charge in [-0.1, -0.05) is 32.0 Å². The van der Waals surface area contributed by atoms with Gasteiger partial charge in [-0.3, -0.25) is 4.79 Å². The minimum absolute atomic E-state index is 0.00380. The number of piperidine rings is 1. The van der Waals surface area contributed by atoms with Crippen molar-refractivity contribution in [2.24, 2.45) is 5.92 Å². The highest BCUT2D eigenvalue weighted by atomic mass is 19.1. The predicted molar refractivity (Wildman–Crippen MR) is 99.5 cm³/mol. The van der Waals surface area contributed by atoms with Crippen molar-refractivity contribution < 1.29 is 9.18 Å². The monoisotopic (exact) mass is 355 g/mol. The van der Waals surface area contributed by atoms with Crippen LogP contribution in [0, 0.1) is 11.7 Å². The number of hydrogen-bond acceptors (Lipinski definition) is 3. The average Bonchev–Trinajstić information content (AvgIpc) is 2.67. The molecule has 2 aromatic rings. The van der Waals surface area contributed by atoms with E-state index >= 15 is 0 Å². The molecule has 0 radical (unpaired) electrons. The summed E-state index contributed by atoms with van der Waals surface area (Å²) < 4.78 is 13.8. The van der Waals surface area contributed by atoms with Gasteiger partial charge in [0.1, 0.15) is 11.6 Å². The first kappa shape index (κ1) is 18.5. The van der Waals surface area contributed by atoms with Crippen molar-refractivity contribution in [2.45, 2.75) is 45.4 Å². The molecule has 1 aromatic heterocycles. The maximum atomic E-state index is 13.8. The summed E-state index contributed by atoms with van der Waals surface area (Å²) >= 11 is 0. The van der Waals surface area contributed by atoms with E-state index in [-0.39, 0.29) is 17.6 Å². The first-order valence-corrected chi connectivity index (χ1v) is 9.39. The Morgan fingerprint density at radius 3 is 2.69 bits per heavy atom. The number of likely N-dealkylation sites (tertiary alicyclic amines) is 1. The summed E-state index contributed by atoms with van der Waals surface area (Å²) in [4.78, 5) is 23.2. The van der Waals surface area contributed by atoms with Gasteiger partial charge in [-0.15, -0.1) is 0 Å². The van der Waals surface area contributed by atoms with Gasteiger partial charge in [0.2, 0.25) is 0 Å². The van der Waals surface area contributed by atoms with Gasteiger partial charge in [0.15, 0.2) is 0 Å². The minimum Gasteiger partial charge on any atom is -0.338 e. The van der Waals surface area contributed by atoms with Crippen LogP contribution in [0.3, 0.4) is 0 Å². The second kappa shape index (κ2) is 8.39. The van der Waals surface area contributed by atoms with E-state index in [2.05, 4.69) is 9.97 Å². The van der Waals surface area contributed by atoms with Gasteiger partial charge in [-0.25, -0.2) is 14.4 Å². The topological polar surface area (TPSA) is 46.1 Å². The maximum Gasteiger partial charge on any atom is 0.256 e. The number of amides is 1. The van der Waals surface area contributed by atoms with E-state index in [1.165, 1.54) is 6.07 Å². The van der Waals surface area contributed by atoms with Crippen LogP contribution in [0.4, 0.5) is 4.39 Å². The Morgan fingerprint density at radius 2 is 2.00 bits per heavy atom. The van der Waals surface area contributed by atoms with Gasteiger partial charge < -0.3 is 4.90 Å². The van der Waals surface area contributed by atoms with E-state index in [1.807, 2.05) is 30.9 Å². The summed E-state index contributed by atoms with van der Waals surface area (Å²) in [7, 11) is 0. The summed E-state index contributed by atoms with van der Waals surface area (Å²) in [5, 5.41) is 0. The third-order valence-electron chi connectivity index (χ3n) is 5.02. The molecule has 0 N–H and O–H groups in total. The van der Waals surface area contributed by atoms with Crippen LogP contribution in [0.2, 0.25) is 0 Å². The molecular weight excluding hydrogens is 329 g/mol. The highest BCUT2D eigenvalue weighted by Gasteiger charge is 2.25. The van der Waals surface area contributed by atoms with E-state index in [4.69, 9.17) is 0 Å². The normalized spacial score (nSPS) is 17.5. The Bertz CT molecular complexity index is 745. The second-order valence-electron chi connectivity index (χ2n) is 7.37. The van der Waals surface area contributed by atoms with Crippen molar-refractivity contribution in [1.29, 1.82) is 0 Å². The van der Waals surface area contributed by atoms with Gasteiger partial charge in [0.05, 0.1) is 5.56 Å². The lowest BCUT2D eigenvalue weighted by molar-refractivity contribution is 0.0667. The van der Waals surface area contributed by atoms with Crippen LogP contribution < -0.4 is 0 Å². The van der Waals surface area contributed by atoms with Crippen LogP contribution in [0.15, 0.2) is 36.7 Å². The molecule has 1 aromatic carbocycles. The molecule has 1 aliphatic heterocycles. The molecule has 1 saturated heterocycles. The van der Waals surface area contributed by atoms with Gasteiger partial charge in [-0.05, 0) is 43.2 Å². The van der Waals surface area contributed by atoms with Crippen LogP contribution in [-0.2, 0) is 6.42 Å². The molecule has 1 atom stereocenters. The van der Waals surface area contributed by atoms with Crippen LogP contribution in [0.1, 0.15) is 60.8 Å². The highest BCUT2D eigenvalue weighted by Crippen LogP contribution is 2.23. The molecule has 0 spiro atoms.